The van der Waals surface area contributed by atoms with Crippen molar-refractivity contribution in [3.63, 3.8) is 0 Å². The fourth-order valence-electron chi connectivity index (χ4n) is 6.72. The van der Waals surface area contributed by atoms with E-state index in [4.69, 9.17) is 37.4 Å². The maximum absolute atomic E-state index is 7.60. The molecule has 1 unspecified atom stereocenters. The highest BCUT2D eigenvalue weighted by molar-refractivity contribution is 6.74. The van der Waals surface area contributed by atoms with Gasteiger partial charge in [0, 0.05) is 38.0 Å². The van der Waals surface area contributed by atoms with Crippen molar-refractivity contribution in [2.45, 2.75) is 154 Å². The van der Waals surface area contributed by atoms with Gasteiger partial charge in [-0.2, -0.15) is 5.06 Å². The van der Waals surface area contributed by atoms with E-state index in [9.17, 15) is 0 Å². The minimum absolute atomic E-state index is 0.0230. The summed E-state index contributed by atoms with van der Waals surface area (Å²) < 4.78 is 46.9. The summed E-state index contributed by atoms with van der Waals surface area (Å²) in [5.74, 6) is -0.133. The molecule has 0 saturated carbocycles. The molecule has 0 bridgehead atoms. The molecule has 2 aliphatic rings. The first-order chi connectivity index (χ1) is 23.8. The van der Waals surface area contributed by atoms with E-state index in [1.165, 1.54) is 0 Å². The maximum atomic E-state index is 7.60. The molecule has 0 amide bonds. The Kier molecular flexibility index (Phi) is 15.1. The monoisotopic (exact) mass is 766 g/mol. The molecule has 9 nitrogen and oxygen atoms in total. The largest absolute Gasteiger partial charge is 0.497 e. The van der Waals surface area contributed by atoms with Gasteiger partial charge in [-0.15, -0.1) is 6.58 Å². The SMILES string of the molecule is C=C[C@@H]1[C@H]([C@H](CO[Si](C)(C)C(C)(C)C)[C@H](O[Si](C)(C)C(C)(C)C)C2(C)O[C@@H]2[C@@H](C)COCc2ccc(OC)cc2)OC(C)(C)O[C@@H]1CCN(C)OC. The molecule has 8 atom stereocenters. The van der Waals surface area contributed by atoms with Crippen LogP contribution in [0.15, 0.2) is 36.9 Å². The molecular formula is C41H75NO8Si2. The molecular weight excluding hydrogens is 691 g/mol. The molecule has 0 aliphatic carbocycles. The zero-order chi connectivity index (χ0) is 39.5. The van der Waals surface area contributed by atoms with E-state index in [0.29, 0.717) is 26.4 Å². The predicted molar refractivity (Wildman–Crippen MR) is 216 cm³/mol. The van der Waals surface area contributed by atoms with Crippen LogP contribution in [0.25, 0.3) is 0 Å². The van der Waals surface area contributed by atoms with Crippen molar-refractivity contribution in [2.75, 3.05) is 41.0 Å². The summed E-state index contributed by atoms with van der Waals surface area (Å²) in [6, 6.07) is 8.02. The highest BCUT2D eigenvalue weighted by atomic mass is 28.4. The number of nitrogens with zero attached hydrogens (tertiary/aromatic N) is 1. The Balaban J connectivity index is 2.04. The van der Waals surface area contributed by atoms with Gasteiger partial charge in [0.05, 0.1) is 51.8 Å². The van der Waals surface area contributed by atoms with Crippen molar-refractivity contribution in [3.8, 4) is 5.75 Å². The van der Waals surface area contributed by atoms with Crippen molar-refractivity contribution in [3.05, 3.63) is 42.5 Å². The van der Waals surface area contributed by atoms with Gasteiger partial charge in [0.2, 0.25) is 0 Å². The van der Waals surface area contributed by atoms with E-state index >= 15 is 0 Å². The lowest BCUT2D eigenvalue weighted by atomic mass is 9.77. The number of epoxide rings is 1. The van der Waals surface area contributed by atoms with Crippen molar-refractivity contribution in [1.29, 1.82) is 0 Å². The summed E-state index contributed by atoms with van der Waals surface area (Å²) in [7, 11) is 0.799. The second-order valence-corrected chi connectivity index (χ2v) is 28.4. The molecule has 1 aromatic carbocycles. The number of hydroxylamine groups is 2. The lowest BCUT2D eigenvalue weighted by Crippen LogP contribution is -2.61. The Morgan fingerprint density at radius 1 is 0.904 bits per heavy atom. The van der Waals surface area contributed by atoms with Crippen molar-refractivity contribution in [1.82, 2.24) is 5.06 Å². The van der Waals surface area contributed by atoms with Gasteiger partial charge in [-0.05, 0) is 81.2 Å². The van der Waals surface area contributed by atoms with Gasteiger partial charge in [-0.3, -0.25) is 0 Å². The summed E-state index contributed by atoms with van der Waals surface area (Å²) in [5, 5.41) is 1.85. The van der Waals surface area contributed by atoms with Crippen LogP contribution in [-0.4, -0.2) is 98.5 Å². The average Bonchev–Trinajstić information content (AvgIpc) is 3.74. The molecule has 2 fully saturated rings. The van der Waals surface area contributed by atoms with E-state index in [2.05, 4.69) is 88.2 Å². The molecule has 2 heterocycles. The van der Waals surface area contributed by atoms with Crippen LogP contribution in [0.4, 0.5) is 0 Å². The minimum atomic E-state index is -2.34. The first-order valence-electron chi connectivity index (χ1n) is 19.3. The first-order valence-corrected chi connectivity index (χ1v) is 25.1. The van der Waals surface area contributed by atoms with Gasteiger partial charge in [-0.25, -0.2) is 0 Å². The summed E-state index contributed by atoms with van der Waals surface area (Å²) in [6.45, 7) is 38.2. The van der Waals surface area contributed by atoms with Gasteiger partial charge in [0.15, 0.2) is 22.4 Å². The highest BCUT2D eigenvalue weighted by Crippen LogP contribution is 2.53. The second kappa shape index (κ2) is 17.3. The lowest BCUT2D eigenvalue weighted by Gasteiger charge is -2.52. The van der Waals surface area contributed by atoms with Crippen LogP contribution < -0.4 is 4.74 Å². The van der Waals surface area contributed by atoms with Crippen molar-refractivity contribution < 1.29 is 37.4 Å². The molecule has 2 saturated heterocycles. The molecule has 2 aliphatic heterocycles. The molecule has 3 rings (SSSR count). The Bertz CT molecular complexity index is 1280. The van der Waals surface area contributed by atoms with Gasteiger partial charge in [0.1, 0.15) is 11.4 Å². The van der Waals surface area contributed by atoms with Crippen LogP contribution in [-0.2, 0) is 39.2 Å². The van der Waals surface area contributed by atoms with Gasteiger partial charge < -0.3 is 37.4 Å². The van der Waals surface area contributed by atoms with Crippen LogP contribution in [0.5, 0.6) is 5.75 Å². The van der Waals surface area contributed by atoms with Crippen LogP contribution >= 0.6 is 0 Å². The standard InChI is InChI=1S/C41H75NO8Si2/c1-19-32-34(24-25-42(12)44-14)47-40(9,10)48-35(32)33(28-46-51(15,16)38(3,4)5)37(50-52(17,18)39(6,7)8)41(11)36(49-41)29(2)26-45-27-30-20-22-31(43-13)23-21-30/h19-23,29,32-37H,1,24-28H2,2-18H3/t29-,32-,33-,34+,35+,36+,37-,41?/m0/s1. The maximum Gasteiger partial charge on any atom is 0.192 e. The normalized spacial score (nSPS) is 27.3. The van der Waals surface area contributed by atoms with E-state index in [-0.39, 0.29) is 52.2 Å². The third-order valence-corrected chi connectivity index (χ3v) is 21.2. The van der Waals surface area contributed by atoms with Crippen molar-refractivity contribution >= 4 is 16.6 Å². The smallest absolute Gasteiger partial charge is 0.192 e. The number of hydrogen-bond donors (Lipinski definition) is 0. The third-order valence-electron chi connectivity index (χ3n) is 12.2. The Morgan fingerprint density at radius 2 is 1.50 bits per heavy atom. The van der Waals surface area contributed by atoms with E-state index in [1.54, 1.807) is 14.2 Å². The third kappa shape index (κ3) is 11.2. The Morgan fingerprint density at radius 3 is 2.02 bits per heavy atom. The molecule has 0 N–H and O–H groups in total. The Labute approximate surface area is 319 Å². The van der Waals surface area contributed by atoms with E-state index in [0.717, 1.165) is 17.7 Å². The fraction of sp³-hybridized carbons (Fsp3) is 0.805. The average molecular weight is 766 g/mol. The lowest BCUT2D eigenvalue weighted by molar-refractivity contribution is -0.330. The van der Waals surface area contributed by atoms with Crippen LogP contribution in [0, 0.1) is 17.8 Å². The zero-order valence-corrected chi connectivity index (χ0v) is 37.9. The number of methoxy groups -OCH3 is 1. The Hall–Kier alpha value is -1.13. The number of ether oxygens (including phenoxy) is 5. The first kappa shape index (κ1) is 45.3. The topological polar surface area (TPSA) is 80.4 Å². The summed E-state index contributed by atoms with van der Waals surface area (Å²) in [5.41, 5.74) is 0.527. The van der Waals surface area contributed by atoms with Gasteiger partial charge in [0.25, 0.3) is 0 Å². The number of hydrogen-bond acceptors (Lipinski definition) is 9. The van der Waals surface area contributed by atoms with Crippen LogP contribution in [0.3, 0.4) is 0 Å². The zero-order valence-electron chi connectivity index (χ0n) is 35.9. The van der Waals surface area contributed by atoms with Gasteiger partial charge in [-0.1, -0.05) is 66.7 Å². The molecule has 0 spiro atoms. The highest BCUT2D eigenvalue weighted by Gasteiger charge is 2.65. The van der Waals surface area contributed by atoms with Crippen LogP contribution in [0.2, 0.25) is 36.3 Å². The number of rotatable bonds is 19. The van der Waals surface area contributed by atoms with E-state index in [1.807, 2.05) is 56.3 Å². The summed E-state index contributed by atoms with van der Waals surface area (Å²) >= 11 is 0. The molecule has 11 heteroatoms. The minimum Gasteiger partial charge on any atom is -0.497 e. The molecule has 0 radical (unpaired) electrons. The van der Waals surface area contributed by atoms with Gasteiger partial charge >= 0.3 is 0 Å². The fourth-order valence-corrected chi connectivity index (χ4v) is 9.16. The van der Waals surface area contributed by atoms with Crippen LogP contribution in [0.1, 0.15) is 81.2 Å². The molecule has 300 valence electrons. The van der Waals surface area contributed by atoms with Crippen molar-refractivity contribution in [2.24, 2.45) is 17.8 Å². The van der Waals surface area contributed by atoms with E-state index < -0.39 is 28.0 Å². The predicted octanol–water partition coefficient (Wildman–Crippen LogP) is 9.24. The molecule has 1 aromatic rings. The molecule has 52 heavy (non-hydrogen) atoms. The summed E-state index contributed by atoms with van der Waals surface area (Å²) in [4.78, 5) is 5.48. The molecule has 0 aromatic heterocycles. The second-order valence-electron chi connectivity index (χ2n) is 18.9. The number of benzene rings is 1. The summed E-state index contributed by atoms with van der Waals surface area (Å²) in [6.07, 6.45) is 1.98. The quantitative estimate of drug-likeness (QED) is 0.0593.